The van der Waals surface area contributed by atoms with E-state index >= 15 is 0 Å². The van der Waals surface area contributed by atoms with Crippen molar-refractivity contribution >= 4 is 33.0 Å². The van der Waals surface area contributed by atoms with Crippen LogP contribution in [0.5, 0.6) is 0 Å². The fourth-order valence-electron chi connectivity index (χ4n) is 2.93. The smallest absolute Gasteiger partial charge is 0.300 e. The summed E-state index contributed by atoms with van der Waals surface area (Å²) < 4.78 is 65.6. The quantitative estimate of drug-likeness (QED) is 0.709. The average molecular weight is 439 g/mol. The molecule has 0 spiro atoms. The largest absolute Gasteiger partial charge is 0.416 e. The molecule has 1 saturated heterocycles. The summed E-state index contributed by atoms with van der Waals surface area (Å²) in [7, 11) is -4.08. The fourth-order valence-corrected chi connectivity index (χ4v) is 5.55. The van der Waals surface area contributed by atoms with Gasteiger partial charge in [0, 0.05) is 37.6 Å². The predicted octanol–water partition coefficient (Wildman–Crippen LogP) is 3.97. The first-order chi connectivity index (χ1) is 12.7. The van der Waals surface area contributed by atoms with E-state index in [-0.39, 0.29) is 18.1 Å². The molecule has 3 rings (SSSR count). The first-order valence-corrected chi connectivity index (χ1v) is 11.0. The highest BCUT2D eigenvalue weighted by Crippen LogP contribution is 2.34. The number of halogens is 4. The van der Waals surface area contributed by atoms with Gasteiger partial charge in [-0.05, 0) is 36.1 Å². The first-order valence-electron chi connectivity index (χ1n) is 8.29. The number of piperazine rings is 1. The monoisotopic (exact) mass is 438 g/mol. The van der Waals surface area contributed by atoms with Crippen molar-refractivity contribution < 1.29 is 21.6 Å². The summed E-state index contributed by atoms with van der Waals surface area (Å²) >= 11 is 7.58. The van der Waals surface area contributed by atoms with Crippen LogP contribution >= 0.6 is 22.9 Å². The second-order valence-electron chi connectivity index (χ2n) is 6.22. The van der Waals surface area contributed by atoms with Gasteiger partial charge in [0.25, 0.3) is 0 Å². The van der Waals surface area contributed by atoms with Crippen molar-refractivity contribution in [3.8, 4) is 0 Å². The fraction of sp³-hybridized carbons (Fsp3) is 0.412. The molecule has 0 bridgehead atoms. The molecule has 1 fully saturated rings. The highest BCUT2D eigenvalue weighted by molar-refractivity contribution is 7.89. The average Bonchev–Trinajstić information content (AvgIpc) is 3.13. The van der Waals surface area contributed by atoms with Crippen LogP contribution in [0.3, 0.4) is 0 Å². The molecule has 27 heavy (non-hydrogen) atoms. The van der Waals surface area contributed by atoms with Crippen LogP contribution in [0.1, 0.15) is 10.4 Å². The van der Waals surface area contributed by atoms with Crippen LogP contribution in [0.4, 0.5) is 13.2 Å². The Morgan fingerprint density at radius 2 is 1.81 bits per heavy atom. The molecule has 0 N–H and O–H groups in total. The van der Waals surface area contributed by atoms with Crippen molar-refractivity contribution in [3.05, 3.63) is 51.2 Å². The number of alkyl halides is 3. The Kier molecular flexibility index (Phi) is 6.17. The number of benzene rings is 1. The van der Waals surface area contributed by atoms with Crippen molar-refractivity contribution in [1.82, 2.24) is 9.21 Å². The molecule has 148 valence electrons. The zero-order chi connectivity index (χ0) is 19.7. The van der Waals surface area contributed by atoms with E-state index in [0.29, 0.717) is 19.2 Å². The summed E-state index contributed by atoms with van der Waals surface area (Å²) in [5, 5.41) is 1.81. The van der Waals surface area contributed by atoms with Gasteiger partial charge in [0.15, 0.2) is 0 Å². The van der Waals surface area contributed by atoms with Gasteiger partial charge in [-0.3, -0.25) is 0 Å². The lowest BCUT2D eigenvalue weighted by Crippen LogP contribution is -2.49. The molecule has 2 aromatic rings. The third kappa shape index (κ3) is 4.83. The Balaban J connectivity index is 1.68. The molecule has 10 heteroatoms. The predicted molar refractivity (Wildman–Crippen MR) is 99.7 cm³/mol. The van der Waals surface area contributed by atoms with Gasteiger partial charge in [0.05, 0.1) is 10.6 Å². The van der Waals surface area contributed by atoms with E-state index in [4.69, 9.17) is 11.6 Å². The minimum absolute atomic E-state index is 0.205. The molecule has 2 heterocycles. The summed E-state index contributed by atoms with van der Waals surface area (Å²) in [6.07, 6.45) is -3.74. The molecule has 0 radical (unpaired) electrons. The van der Waals surface area contributed by atoms with E-state index in [0.717, 1.165) is 25.1 Å². The Labute approximate surface area is 165 Å². The SMILES string of the molecule is O=S(=O)(c1cc(C(F)(F)F)ccc1Cl)N1CCN(CCc2cccs2)CC1. The Hall–Kier alpha value is -1.13. The van der Waals surface area contributed by atoms with Crippen LogP contribution < -0.4 is 0 Å². The topological polar surface area (TPSA) is 40.6 Å². The van der Waals surface area contributed by atoms with Gasteiger partial charge in [-0.1, -0.05) is 17.7 Å². The highest BCUT2D eigenvalue weighted by atomic mass is 35.5. The minimum atomic E-state index is -4.63. The first kappa shape index (κ1) is 20.6. The van der Waals surface area contributed by atoms with Gasteiger partial charge in [0.1, 0.15) is 4.90 Å². The second kappa shape index (κ2) is 8.08. The lowest BCUT2D eigenvalue weighted by Gasteiger charge is -2.34. The number of hydrogen-bond donors (Lipinski definition) is 0. The zero-order valence-corrected chi connectivity index (χ0v) is 16.6. The van der Waals surface area contributed by atoms with Crippen molar-refractivity contribution in [2.45, 2.75) is 17.5 Å². The van der Waals surface area contributed by atoms with Crippen LogP contribution in [-0.4, -0.2) is 50.3 Å². The number of hydrogen-bond acceptors (Lipinski definition) is 4. The molecule has 1 aliphatic rings. The van der Waals surface area contributed by atoms with E-state index in [2.05, 4.69) is 11.0 Å². The lowest BCUT2D eigenvalue weighted by molar-refractivity contribution is -0.137. The standard InChI is InChI=1S/C17H18ClF3N2O2S2/c18-15-4-3-13(17(19,20)21)12-16(15)27(24,25)23-9-7-22(8-10-23)6-5-14-2-1-11-26-14/h1-4,11-12H,5-10H2. The highest BCUT2D eigenvalue weighted by Gasteiger charge is 2.35. The van der Waals surface area contributed by atoms with Crippen LogP contribution in [0.15, 0.2) is 40.6 Å². The van der Waals surface area contributed by atoms with Gasteiger partial charge in [-0.2, -0.15) is 17.5 Å². The van der Waals surface area contributed by atoms with Gasteiger partial charge in [-0.25, -0.2) is 8.42 Å². The summed E-state index contributed by atoms with van der Waals surface area (Å²) in [5.41, 5.74) is -1.03. The molecule has 0 unspecified atom stereocenters. The van der Waals surface area contributed by atoms with Crippen molar-refractivity contribution in [3.63, 3.8) is 0 Å². The van der Waals surface area contributed by atoms with E-state index in [1.807, 2.05) is 11.4 Å². The molecule has 0 atom stereocenters. The summed E-state index contributed by atoms with van der Waals surface area (Å²) in [5.74, 6) is 0. The van der Waals surface area contributed by atoms with E-state index in [9.17, 15) is 21.6 Å². The van der Waals surface area contributed by atoms with E-state index < -0.39 is 26.7 Å². The lowest BCUT2D eigenvalue weighted by atomic mass is 10.2. The minimum Gasteiger partial charge on any atom is -0.300 e. The molecular weight excluding hydrogens is 421 g/mol. The number of rotatable bonds is 5. The molecular formula is C17H18ClF3N2O2S2. The Morgan fingerprint density at radius 1 is 1.11 bits per heavy atom. The molecule has 1 aromatic heterocycles. The van der Waals surface area contributed by atoms with Crippen molar-refractivity contribution in [1.29, 1.82) is 0 Å². The number of sulfonamides is 1. The van der Waals surface area contributed by atoms with Crippen LogP contribution in [0.25, 0.3) is 0 Å². The van der Waals surface area contributed by atoms with Gasteiger partial charge in [0.2, 0.25) is 10.0 Å². The van der Waals surface area contributed by atoms with Gasteiger partial charge in [-0.15, -0.1) is 11.3 Å². The third-order valence-corrected chi connectivity index (χ3v) is 7.78. The van der Waals surface area contributed by atoms with Gasteiger partial charge >= 0.3 is 6.18 Å². The summed E-state index contributed by atoms with van der Waals surface area (Å²) in [6, 6.07) is 6.42. The van der Waals surface area contributed by atoms with Gasteiger partial charge < -0.3 is 4.90 Å². The number of thiophene rings is 1. The molecule has 1 aromatic carbocycles. The molecule has 0 saturated carbocycles. The maximum absolute atomic E-state index is 12.9. The summed E-state index contributed by atoms with van der Waals surface area (Å²) in [6.45, 7) is 2.32. The third-order valence-electron chi connectivity index (χ3n) is 4.46. The number of nitrogens with zero attached hydrogens (tertiary/aromatic N) is 2. The van der Waals surface area contributed by atoms with Crippen molar-refractivity contribution in [2.75, 3.05) is 32.7 Å². The van der Waals surface area contributed by atoms with Crippen LogP contribution in [0.2, 0.25) is 5.02 Å². The zero-order valence-electron chi connectivity index (χ0n) is 14.2. The molecule has 1 aliphatic heterocycles. The normalized spacial score (nSPS) is 17.3. The maximum Gasteiger partial charge on any atom is 0.416 e. The Morgan fingerprint density at radius 3 is 2.41 bits per heavy atom. The molecule has 0 aliphatic carbocycles. The maximum atomic E-state index is 12.9. The molecule has 0 amide bonds. The van der Waals surface area contributed by atoms with Crippen LogP contribution in [-0.2, 0) is 22.6 Å². The molecule has 4 nitrogen and oxygen atoms in total. The van der Waals surface area contributed by atoms with E-state index in [1.165, 1.54) is 9.18 Å². The summed E-state index contributed by atoms with van der Waals surface area (Å²) in [4.78, 5) is 2.92. The Bertz CT molecular complexity index is 878. The van der Waals surface area contributed by atoms with Crippen molar-refractivity contribution in [2.24, 2.45) is 0 Å². The second-order valence-corrected chi connectivity index (χ2v) is 9.56. The van der Waals surface area contributed by atoms with E-state index in [1.54, 1.807) is 11.3 Å². The van der Waals surface area contributed by atoms with Crippen LogP contribution in [0, 0.1) is 0 Å².